The maximum absolute atomic E-state index is 5.38. The van der Waals surface area contributed by atoms with Gasteiger partial charge in [-0.3, -0.25) is 0 Å². The fraction of sp³-hybridized carbons (Fsp3) is 0.222. The van der Waals surface area contributed by atoms with Crippen LogP contribution in [0.2, 0.25) is 0 Å². The molecule has 0 aromatic heterocycles. The molecule has 2 aromatic rings. The van der Waals surface area contributed by atoms with Gasteiger partial charge in [0.15, 0.2) is 0 Å². The highest BCUT2D eigenvalue weighted by Gasteiger charge is 2.21. The van der Waals surface area contributed by atoms with Crippen molar-refractivity contribution in [1.29, 1.82) is 0 Å². The van der Waals surface area contributed by atoms with E-state index >= 15 is 0 Å². The van der Waals surface area contributed by atoms with Gasteiger partial charge in [0, 0.05) is 30.4 Å². The third-order valence-electron chi connectivity index (χ3n) is 4.12. The molecule has 0 saturated carbocycles. The van der Waals surface area contributed by atoms with Crippen molar-refractivity contribution in [2.75, 3.05) is 11.9 Å². The van der Waals surface area contributed by atoms with E-state index < -0.39 is 0 Å². The summed E-state index contributed by atoms with van der Waals surface area (Å²) < 4.78 is 0. The van der Waals surface area contributed by atoms with Crippen LogP contribution in [0, 0.1) is 0 Å². The molecule has 0 aliphatic carbocycles. The molecule has 112 valence electrons. The lowest BCUT2D eigenvalue weighted by Crippen LogP contribution is -2.20. The van der Waals surface area contributed by atoms with E-state index in [-0.39, 0.29) is 0 Å². The van der Waals surface area contributed by atoms with Crippen molar-refractivity contribution in [1.82, 2.24) is 0 Å². The Hall–Kier alpha value is -2.62. The van der Waals surface area contributed by atoms with Crippen LogP contribution in [-0.2, 0) is 6.54 Å². The molecular weight excluding hydrogens is 272 g/mol. The van der Waals surface area contributed by atoms with E-state index in [2.05, 4.69) is 71.7 Å². The minimum atomic E-state index is 0.827. The number of hydrogen-bond acceptors (Lipinski definition) is 3. The molecule has 0 radical (unpaired) electrons. The average Bonchev–Trinajstić information content (AvgIpc) is 2.55. The monoisotopic (exact) mass is 292 g/mol. The maximum atomic E-state index is 5.38. The molecule has 2 N–H and O–H groups in total. The molecule has 1 aliphatic rings. The number of allylic oxidation sites excluding steroid dienone is 1. The zero-order chi connectivity index (χ0) is 15.5. The molecule has 0 bridgehead atoms. The van der Waals surface area contributed by atoms with E-state index in [0.29, 0.717) is 0 Å². The highest BCUT2D eigenvalue weighted by atomic mass is 15.3. The highest BCUT2D eigenvalue weighted by Crippen LogP contribution is 2.39. The van der Waals surface area contributed by atoms with Gasteiger partial charge in [-0.1, -0.05) is 54.6 Å². The Bertz CT molecular complexity index is 746. The average molecular weight is 292 g/mol. The molecule has 0 fully saturated rings. The van der Waals surface area contributed by atoms with Gasteiger partial charge in [0.25, 0.3) is 0 Å². The Balaban J connectivity index is 2.38. The van der Waals surface area contributed by atoms with E-state index in [0.717, 1.165) is 24.2 Å². The number of nitrogens with two attached hydrogens (primary N) is 1. The molecule has 0 amide bonds. The number of rotatable bonds is 2. The Labute approximate surface area is 130 Å². The van der Waals surface area contributed by atoms with Crippen LogP contribution in [-0.4, -0.2) is 7.05 Å². The molecule has 3 rings (SSSR count). The predicted octanol–water partition coefficient (Wildman–Crippen LogP) is 4.24. The van der Waals surface area contributed by atoms with Gasteiger partial charge in [0.05, 0.1) is 5.70 Å². The molecule has 0 unspecified atom stereocenters. The summed E-state index contributed by atoms with van der Waals surface area (Å²) in [5, 5.41) is 7.84. The molecule has 0 saturated heterocycles. The van der Waals surface area contributed by atoms with Gasteiger partial charge in [-0.2, -0.15) is 0 Å². The minimum absolute atomic E-state index is 0.827. The zero-order valence-electron chi connectivity index (χ0n) is 13.0. The molecule has 2 aromatic carbocycles. The second-order valence-corrected chi connectivity index (χ2v) is 5.43. The number of nitrogens with zero attached hydrogens (tertiary/aromatic N) is 3. The molecular formula is C18H20N4. The highest BCUT2D eigenvalue weighted by molar-refractivity contribution is 5.95. The first-order chi connectivity index (χ1) is 10.8. The standard InChI is InChI=1S/C18H20N4/c1-3-14-16-10-6-7-11-17(16)22(2)12-13-8-4-5-9-15(13)18(14)20-21-19/h4-11H,3,12H2,1-2H3,(H2,19,20)/b18-14+. The third kappa shape index (κ3) is 2.37. The second kappa shape index (κ2) is 6.02. The van der Waals surface area contributed by atoms with E-state index in [4.69, 9.17) is 5.84 Å². The molecule has 4 heteroatoms. The van der Waals surface area contributed by atoms with Gasteiger partial charge >= 0.3 is 0 Å². The normalized spacial score (nSPS) is 17.8. The molecule has 0 atom stereocenters. The number of fused-ring (bicyclic) bond motifs is 2. The molecule has 22 heavy (non-hydrogen) atoms. The van der Waals surface area contributed by atoms with Crippen molar-refractivity contribution >= 4 is 17.0 Å². The van der Waals surface area contributed by atoms with E-state index in [1.165, 1.54) is 22.4 Å². The van der Waals surface area contributed by atoms with Crippen molar-refractivity contribution in [3.05, 3.63) is 65.2 Å². The Morgan fingerprint density at radius 3 is 2.45 bits per heavy atom. The molecule has 0 spiro atoms. The van der Waals surface area contributed by atoms with Crippen molar-refractivity contribution in [2.45, 2.75) is 19.9 Å². The lowest BCUT2D eigenvalue weighted by atomic mass is 9.91. The first-order valence-corrected chi connectivity index (χ1v) is 7.49. The number of para-hydroxylation sites is 1. The summed E-state index contributed by atoms with van der Waals surface area (Å²) in [5.41, 5.74) is 6.79. The Morgan fingerprint density at radius 1 is 1.05 bits per heavy atom. The van der Waals surface area contributed by atoms with Crippen molar-refractivity contribution < 1.29 is 0 Å². The van der Waals surface area contributed by atoms with Crippen molar-refractivity contribution in [2.24, 2.45) is 16.2 Å². The summed E-state index contributed by atoms with van der Waals surface area (Å²) in [6, 6.07) is 16.7. The third-order valence-corrected chi connectivity index (χ3v) is 4.12. The van der Waals surface area contributed by atoms with E-state index in [1.807, 2.05) is 6.07 Å². The zero-order valence-corrected chi connectivity index (χ0v) is 13.0. The van der Waals surface area contributed by atoms with Crippen LogP contribution in [0.5, 0.6) is 0 Å². The van der Waals surface area contributed by atoms with Crippen molar-refractivity contribution in [3.63, 3.8) is 0 Å². The SMILES string of the molecule is CC/C1=C(\N=NN)c2ccccc2CN(C)c2ccccc21. The summed E-state index contributed by atoms with van der Waals surface area (Å²) in [4.78, 5) is 2.28. The van der Waals surface area contributed by atoms with E-state index in [1.54, 1.807) is 0 Å². The van der Waals surface area contributed by atoms with Crippen LogP contribution in [0.4, 0.5) is 5.69 Å². The topological polar surface area (TPSA) is 54.0 Å². The van der Waals surface area contributed by atoms with Crippen LogP contribution >= 0.6 is 0 Å². The minimum Gasteiger partial charge on any atom is -0.370 e. The van der Waals surface area contributed by atoms with Gasteiger partial charge in [-0.25, -0.2) is 0 Å². The fourth-order valence-corrected chi connectivity index (χ4v) is 3.11. The number of hydrogen-bond donors (Lipinski definition) is 1. The summed E-state index contributed by atoms with van der Waals surface area (Å²) in [7, 11) is 2.12. The fourth-order valence-electron chi connectivity index (χ4n) is 3.11. The lowest BCUT2D eigenvalue weighted by molar-refractivity contribution is 0.910. The number of benzene rings is 2. The molecule has 4 nitrogen and oxygen atoms in total. The summed E-state index contributed by atoms with van der Waals surface area (Å²) in [5.74, 6) is 5.38. The van der Waals surface area contributed by atoms with E-state index in [9.17, 15) is 0 Å². The Morgan fingerprint density at radius 2 is 1.73 bits per heavy atom. The smallest absolute Gasteiger partial charge is 0.0988 e. The van der Waals surface area contributed by atoms with Gasteiger partial charge in [-0.05, 0) is 23.6 Å². The van der Waals surface area contributed by atoms with Gasteiger partial charge in [-0.15, -0.1) is 5.11 Å². The van der Waals surface area contributed by atoms with Gasteiger partial charge in [0.1, 0.15) is 0 Å². The second-order valence-electron chi connectivity index (χ2n) is 5.43. The first-order valence-electron chi connectivity index (χ1n) is 7.49. The molecule has 1 heterocycles. The summed E-state index contributed by atoms with van der Waals surface area (Å²) in [6.45, 7) is 2.97. The predicted molar refractivity (Wildman–Crippen MR) is 91.1 cm³/mol. The van der Waals surface area contributed by atoms with Crippen molar-refractivity contribution in [3.8, 4) is 0 Å². The largest absolute Gasteiger partial charge is 0.370 e. The van der Waals surface area contributed by atoms with Gasteiger partial charge in [0.2, 0.25) is 0 Å². The molecule has 1 aliphatic heterocycles. The summed E-state index contributed by atoms with van der Waals surface area (Å²) >= 11 is 0. The number of anilines is 1. The van der Waals surface area contributed by atoms with Crippen LogP contribution in [0.3, 0.4) is 0 Å². The summed E-state index contributed by atoms with van der Waals surface area (Å²) in [6.07, 6.45) is 0.869. The van der Waals surface area contributed by atoms with Crippen LogP contribution in [0.15, 0.2) is 58.9 Å². The van der Waals surface area contributed by atoms with Crippen LogP contribution < -0.4 is 10.7 Å². The maximum Gasteiger partial charge on any atom is 0.0988 e. The van der Waals surface area contributed by atoms with Gasteiger partial charge < -0.3 is 10.7 Å². The lowest BCUT2D eigenvalue weighted by Gasteiger charge is -2.28. The Kier molecular flexibility index (Phi) is 3.92. The first kappa shape index (κ1) is 14.3. The van der Waals surface area contributed by atoms with Crippen LogP contribution in [0.25, 0.3) is 11.3 Å². The quantitative estimate of drug-likeness (QED) is 0.511. The van der Waals surface area contributed by atoms with Crippen LogP contribution in [0.1, 0.15) is 30.0 Å².